The Kier molecular flexibility index (Phi) is 0.854. The van der Waals surface area contributed by atoms with E-state index in [1.54, 1.807) is 13.8 Å². The first-order valence-corrected chi connectivity index (χ1v) is 2.56. The quantitative estimate of drug-likeness (QED) is 0.459. The molecule has 0 aliphatic carbocycles. The fourth-order valence-electron chi connectivity index (χ4n) is 0.631. The molecule has 1 fully saturated rings. The van der Waals surface area contributed by atoms with Gasteiger partial charge in [0.05, 0.1) is 0 Å². The molecule has 0 N–H and O–H groups in total. The Bertz CT molecular complexity index is 80.1. The molecule has 2 heteroatoms. The maximum absolute atomic E-state index is 12.4. The smallest absolute Gasteiger partial charge is 0.235 e. The van der Waals surface area contributed by atoms with Crippen molar-refractivity contribution in [1.29, 1.82) is 0 Å². The zero-order valence-corrected chi connectivity index (χ0v) is 4.57. The van der Waals surface area contributed by atoms with Gasteiger partial charge in [0.1, 0.15) is 6.10 Å². The van der Waals surface area contributed by atoms with Crippen LogP contribution in [0.15, 0.2) is 0 Å². The third-order valence-electron chi connectivity index (χ3n) is 1.40. The van der Waals surface area contributed by atoms with Crippen molar-refractivity contribution >= 4 is 0 Å². The van der Waals surface area contributed by atoms with Gasteiger partial charge in [0, 0.05) is 6.42 Å². The van der Waals surface area contributed by atoms with Crippen LogP contribution in [0.2, 0.25) is 0 Å². The molecule has 0 saturated carbocycles. The molecule has 2 atom stereocenters. The van der Waals surface area contributed by atoms with Crippen LogP contribution in [0.25, 0.3) is 0 Å². The molecule has 0 aromatic rings. The van der Waals surface area contributed by atoms with Gasteiger partial charge >= 0.3 is 0 Å². The Labute approximate surface area is 42.5 Å². The van der Waals surface area contributed by atoms with Gasteiger partial charge in [-0.1, -0.05) is 6.92 Å². The second-order valence-electron chi connectivity index (χ2n) is 1.90. The van der Waals surface area contributed by atoms with Gasteiger partial charge in [-0.15, -0.1) is 0 Å². The Hall–Kier alpha value is -0.110. The third kappa shape index (κ3) is 0.630. The van der Waals surface area contributed by atoms with Crippen LogP contribution in [0.3, 0.4) is 0 Å². The van der Waals surface area contributed by atoms with E-state index in [0.717, 1.165) is 0 Å². The largest absolute Gasteiger partial charge is 0.335 e. The molecular formula is C5H9FO. The Balaban J connectivity index is 2.36. The minimum Gasteiger partial charge on any atom is -0.335 e. The van der Waals surface area contributed by atoms with E-state index >= 15 is 0 Å². The summed E-state index contributed by atoms with van der Waals surface area (Å²) in [6.45, 7) is 3.52. The first kappa shape index (κ1) is 5.04. The summed E-state index contributed by atoms with van der Waals surface area (Å²) in [7, 11) is 0. The summed E-state index contributed by atoms with van der Waals surface area (Å²) in [5.74, 6) is -1.25. The van der Waals surface area contributed by atoms with Gasteiger partial charge in [0.25, 0.3) is 0 Å². The number of hydrogen-bond donors (Lipinski definition) is 0. The zero-order valence-electron chi connectivity index (χ0n) is 4.57. The van der Waals surface area contributed by atoms with Crippen molar-refractivity contribution in [1.82, 2.24) is 0 Å². The molecule has 1 nitrogen and oxygen atoms in total. The molecule has 0 aromatic carbocycles. The summed E-state index contributed by atoms with van der Waals surface area (Å²) in [5, 5.41) is 0. The standard InChI is InChI=1S/C5H9FO/c1-3-5(6)4(2)7-5/h4H,3H2,1-2H3/t4-,5-/m1/s1. The van der Waals surface area contributed by atoms with Crippen molar-refractivity contribution in [3.63, 3.8) is 0 Å². The SMILES string of the molecule is CC[C@@]1(F)O[C@@H]1C. The summed E-state index contributed by atoms with van der Waals surface area (Å²) >= 11 is 0. The molecule has 7 heavy (non-hydrogen) atoms. The Morgan fingerprint density at radius 1 is 1.86 bits per heavy atom. The normalized spacial score (nSPS) is 49.3. The highest BCUT2D eigenvalue weighted by Crippen LogP contribution is 2.40. The molecular weight excluding hydrogens is 95.1 g/mol. The highest BCUT2D eigenvalue weighted by molar-refractivity contribution is 4.87. The van der Waals surface area contributed by atoms with Crippen LogP contribution in [0, 0.1) is 0 Å². The van der Waals surface area contributed by atoms with Crippen LogP contribution in [0.5, 0.6) is 0 Å². The van der Waals surface area contributed by atoms with Crippen LogP contribution in [0.4, 0.5) is 4.39 Å². The van der Waals surface area contributed by atoms with Crippen molar-refractivity contribution in [3.05, 3.63) is 0 Å². The van der Waals surface area contributed by atoms with E-state index in [2.05, 4.69) is 4.74 Å². The summed E-state index contributed by atoms with van der Waals surface area (Å²) < 4.78 is 17.0. The van der Waals surface area contributed by atoms with E-state index in [9.17, 15) is 4.39 Å². The van der Waals surface area contributed by atoms with Gasteiger partial charge in [0.15, 0.2) is 0 Å². The predicted octanol–water partition coefficient (Wildman–Crippen LogP) is 1.48. The fraction of sp³-hybridized carbons (Fsp3) is 1.00. The molecule has 1 aliphatic heterocycles. The Morgan fingerprint density at radius 2 is 2.29 bits per heavy atom. The van der Waals surface area contributed by atoms with E-state index in [4.69, 9.17) is 0 Å². The van der Waals surface area contributed by atoms with Crippen molar-refractivity contribution in [2.45, 2.75) is 32.2 Å². The average molecular weight is 104 g/mol. The first-order chi connectivity index (χ1) is 3.19. The number of alkyl halides is 1. The summed E-state index contributed by atoms with van der Waals surface area (Å²) in [5.41, 5.74) is 0. The average Bonchev–Trinajstić information content (AvgIpc) is 2.18. The first-order valence-electron chi connectivity index (χ1n) is 2.56. The maximum atomic E-state index is 12.4. The van der Waals surface area contributed by atoms with Crippen molar-refractivity contribution < 1.29 is 9.13 Å². The van der Waals surface area contributed by atoms with Crippen LogP contribution >= 0.6 is 0 Å². The molecule has 0 unspecified atom stereocenters. The molecule has 0 amide bonds. The number of hydrogen-bond acceptors (Lipinski definition) is 1. The molecule has 0 aromatic heterocycles. The monoisotopic (exact) mass is 104 g/mol. The maximum Gasteiger partial charge on any atom is 0.235 e. The lowest BCUT2D eigenvalue weighted by atomic mass is 10.2. The molecule has 1 saturated heterocycles. The summed E-state index contributed by atoms with van der Waals surface area (Å²) in [6.07, 6.45) is 0.325. The number of epoxide rings is 1. The van der Waals surface area contributed by atoms with Gasteiger partial charge in [-0.05, 0) is 6.92 Å². The zero-order chi connectivity index (χ0) is 5.49. The number of ether oxygens (including phenoxy) is 1. The Morgan fingerprint density at radius 3 is 2.29 bits per heavy atom. The van der Waals surface area contributed by atoms with Crippen LogP contribution in [-0.2, 0) is 4.74 Å². The number of halogens is 1. The second kappa shape index (κ2) is 1.19. The van der Waals surface area contributed by atoms with Gasteiger partial charge in [0.2, 0.25) is 5.85 Å². The van der Waals surface area contributed by atoms with E-state index in [0.29, 0.717) is 6.42 Å². The number of rotatable bonds is 1. The lowest BCUT2D eigenvalue weighted by Crippen LogP contribution is -2.01. The molecule has 0 spiro atoms. The second-order valence-corrected chi connectivity index (χ2v) is 1.90. The van der Waals surface area contributed by atoms with Crippen LogP contribution in [-0.4, -0.2) is 12.0 Å². The van der Waals surface area contributed by atoms with Crippen LogP contribution in [0.1, 0.15) is 20.3 Å². The minimum absolute atomic E-state index is 0.155. The molecule has 0 radical (unpaired) electrons. The van der Waals surface area contributed by atoms with Gasteiger partial charge in [-0.3, -0.25) is 0 Å². The van der Waals surface area contributed by atoms with E-state index in [1.165, 1.54) is 0 Å². The fourth-order valence-corrected chi connectivity index (χ4v) is 0.631. The molecule has 0 bridgehead atoms. The van der Waals surface area contributed by atoms with E-state index in [1.807, 2.05) is 0 Å². The topological polar surface area (TPSA) is 12.5 Å². The van der Waals surface area contributed by atoms with Crippen molar-refractivity contribution in [2.75, 3.05) is 0 Å². The highest BCUT2D eigenvalue weighted by Gasteiger charge is 2.52. The van der Waals surface area contributed by atoms with E-state index in [-0.39, 0.29) is 6.10 Å². The van der Waals surface area contributed by atoms with Gasteiger partial charge < -0.3 is 4.74 Å². The highest BCUT2D eigenvalue weighted by atomic mass is 19.2. The third-order valence-corrected chi connectivity index (χ3v) is 1.40. The molecule has 1 heterocycles. The summed E-state index contributed by atoms with van der Waals surface area (Å²) in [4.78, 5) is 0. The van der Waals surface area contributed by atoms with Crippen LogP contribution < -0.4 is 0 Å². The molecule has 1 rings (SSSR count). The molecule has 1 aliphatic rings. The lowest BCUT2D eigenvalue weighted by molar-refractivity contribution is 0.136. The lowest BCUT2D eigenvalue weighted by Gasteiger charge is -1.89. The van der Waals surface area contributed by atoms with E-state index < -0.39 is 5.85 Å². The van der Waals surface area contributed by atoms with Crippen molar-refractivity contribution in [3.8, 4) is 0 Å². The minimum atomic E-state index is -1.25. The van der Waals surface area contributed by atoms with Crippen molar-refractivity contribution in [2.24, 2.45) is 0 Å². The predicted molar refractivity (Wildman–Crippen MR) is 24.7 cm³/mol. The summed E-state index contributed by atoms with van der Waals surface area (Å²) in [6, 6.07) is 0. The molecule has 42 valence electrons. The van der Waals surface area contributed by atoms with Gasteiger partial charge in [-0.2, -0.15) is 0 Å². The van der Waals surface area contributed by atoms with Gasteiger partial charge in [-0.25, -0.2) is 4.39 Å².